The summed E-state index contributed by atoms with van der Waals surface area (Å²) in [5, 5.41) is 3.26. The van der Waals surface area contributed by atoms with Crippen molar-refractivity contribution < 1.29 is 26.7 Å². The summed E-state index contributed by atoms with van der Waals surface area (Å²) >= 11 is 5.18. The fourth-order valence-corrected chi connectivity index (χ4v) is 11.9. The van der Waals surface area contributed by atoms with E-state index in [1.807, 2.05) is 6.07 Å². The summed E-state index contributed by atoms with van der Waals surface area (Å²) in [6.07, 6.45) is 7.08. The Balaban J connectivity index is 1.34. The van der Waals surface area contributed by atoms with Crippen molar-refractivity contribution in [2.45, 2.75) is 104 Å². The Kier molecular flexibility index (Phi) is 8.70. The monoisotopic (exact) mass is 657 g/mol. The van der Waals surface area contributed by atoms with Gasteiger partial charge in [0.2, 0.25) is 5.91 Å². The van der Waals surface area contributed by atoms with Gasteiger partial charge in [0.25, 0.3) is 0 Å². The third-order valence-electron chi connectivity index (χ3n) is 11.7. The van der Waals surface area contributed by atoms with Crippen LogP contribution >= 0.6 is 27.3 Å². The predicted molar refractivity (Wildman–Crippen MR) is 159 cm³/mol. The van der Waals surface area contributed by atoms with Crippen LogP contribution in [-0.4, -0.2) is 30.8 Å². The number of fused-ring (bicyclic) bond motifs is 5. The number of rotatable bonds is 8. The molecular formula is C30H44BrNO6S2. The molecule has 1 aromatic rings. The zero-order chi connectivity index (χ0) is 29.0. The third-order valence-corrected chi connectivity index (χ3v) is 13.9. The lowest BCUT2D eigenvalue weighted by Gasteiger charge is -2.62. The zero-order valence-electron chi connectivity index (χ0n) is 24.0. The Bertz CT molecular complexity index is 1230. The molecular weight excluding hydrogens is 614 g/mol. The van der Waals surface area contributed by atoms with Gasteiger partial charge in [-0.3, -0.25) is 14.1 Å². The molecule has 1 heterocycles. The highest BCUT2D eigenvalue weighted by Crippen LogP contribution is 2.68. The van der Waals surface area contributed by atoms with Crippen molar-refractivity contribution in [2.24, 2.45) is 46.3 Å². The summed E-state index contributed by atoms with van der Waals surface area (Å²) < 4.78 is 40.2. The average molecular weight is 659 g/mol. The summed E-state index contributed by atoms with van der Waals surface area (Å²) in [6.45, 7) is 8.94. The van der Waals surface area contributed by atoms with E-state index in [2.05, 4.69) is 55.0 Å². The molecule has 0 spiro atoms. The van der Waals surface area contributed by atoms with Gasteiger partial charge in [0.1, 0.15) is 5.78 Å². The first kappa shape index (κ1) is 30.6. The van der Waals surface area contributed by atoms with E-state index in [-0.39, 0.29) is 58.2 Å². The van der Waals surface area contributed by atoms with Crippen LogP contribution in [0, 0.1) is 46.3 Å². The highest BCUT2D eigenvalue weighted by molar-refractivity contribution is 9.11. The number of carbonyl (C=O) groups excluding carboxylic acids is 2. The molecule has 10 heteroatoms. The SMILES string of the molecule is CC[C@@H](NC(=O)C[C@@H](C)C1CC[C@H]2[C@@H]3[C@H](OS(=O)(=O)O)C[C@@H]4CC(=O)CC[C@]4(C)[C@H]3CC[C@]12C)c1ccc(Br)s1. The maximum absolute atomic E-state index is 13.2. The topological polar surface area (TPSA) is 110 Å². The number of carbonyl (C=O) groups is 2. The summed E-state index contributed by atoms with van der Waals surface area (Å²) in [6, 6.07) is 4.09. The fourth-order valence-electron chi connectivity index (χ4n) is 9.80. The molecule has 10 atom stereocenters. The predicted octanol–water partition coefficient (Wildman–Crippen LogP) is 7.13. The van der Waals surface area contributed by atoms with Gasteiger partial charge in [-0.15, -0.1) is 11.3 Å². The fraction of sp³-hybridized carbons (Fsp3) is 0.800. The second kappa shape index (κ2) is 11.4. The molecule has 1 amide bonds. The molecule has 7 nitrogen and oxygen atoms in total. The average Bonchev–Trinajstić information content (AvgIpc) is 3.45. The summed E-state index contributed by atoms with van der Waals surface area (Å²) in [5.41, 5.74) is -0.0489. The molecule has 4 aliphatic carbocycles. The lowest BCUT2D eigenvalue weighted by molar-refractivity contribution is -0.164. The van der Waals surface area contributed by atoms with Crippen molar-refractivity contribution in [1.82, 2.24) is 5.32 Å². The quantitative estimate of drug-likeness (QED) is 0.288. The molecule has 5 rings (SSSR count). The van der Waals surface area contributed by atoms with E-state index < -0.39 is 16.5 Å². The van der Waals surface area contributed by atoms with Crippen LogP contribution in [0.25, 0.3) is 0 Å². The first-order chi connectivity index (χ1) is 18.7. The number of Topliss-reactive ketones (excluding diaryl/α,β-unsaturated/α-hetero) is 1. The highest BCUT2D eigenvalue weighted by atomic mass is 79.9. The van der Waals surface area contributed by atoms with Gasteiger partial charge in [-0.1, -0.05) is 27.7 Å². The maximum Gasteiger partial charge on any atom is 0.397 e. The second-order valence-corrected chi connectivity index (χ2v) is 17.2. The molecule has 1 unspecified atom stereocenters. The molecule has 0 radical (unpaired) electrons. The van der Waals surface area contributed by atoms with Gasteiger partial charge in [-0.05, 0) is 119 Å². The van der Waals surface area contributed by atoms with Crippen molar-refractivity contribution in [2.75, 3.05) is 0 Å². The molecule has 4 saturated carbocycles. The molecule has 4 fully saturated rings. The Hall–Kier alpha value is -0.810. The van der Waals surface area contributed by atoms with Crippen LogP contribution in [0.1, 0.15) is 103 Å². The Labute approximate surface area is 251 Å². The Morgan fingerprint density at radius 1 is 1.20 bits per heavy atom. The number of hydrogen-bond donors (Lipinski definition) is 2. The number of halogens is 1. The zero-order valence-corrected chi connectivity index (χ0v) is 27.2. The van der Waals surface area contributed by atoms with Crippen LogP contribution in [0.3, 0.4) is 0 Å². The van der Waals surface area contributed by atoms with Crippen LogP contribution < -0.4 is 5.32 Å². The van der Waals surface area contributed by atoms with Gasteiger partial charge in [-0.25, -0.2) is 4.18 Å². The molecule has 0 bridgehead atoms. The molecule has 0 aliphatic heterocycles. The normalized spacial score (nSPS) is 39.1. The Morgan fingerprint density at radius 3 is 2.58 bits per heavy atom. The van der Waals surface area contributed by atoms with Crippen molar-refractivity contribution in [3.8, 4) is 0 Å². The standard InChI is InChI=1S/C30H44BrNO6S2/c1-5-23(25-8-9-26(31)39-25)32-27(34)14-17(2)20-6-7-21-28-22(11-13-30(20,21)4)29(3)12-10-19(33)15-18(29)16-24(28)38-40(35,36)37/h8-9,17-18,20-24,28H,5-7,10-16H2,1-4H3,(H,32,34)(H,35,36,37)/t17-,18+,20?,21+,22+,23-,24-,28+,29+,30-/m1/s1. The Morgan fingerprint density at radius 2 is 1.93 bits per heavy atom. The van der Waals surface area contributed by atoms with Gasteiger partial charge in [0.05, 0.1) is 15.9 Å². The number of nitrogens with one attached hydrogen (secondary N) is 1. The largest absolute Gasteiger partial charge is 0.397 e. The van der Waals surface area contributed by atoms with E-state index in [1.54, 1.807) is 11.3 Å². The van der Waals surface area contributed by atoms with E-state index in [4.69, 9.17) is 4.18 Å². The molecule has 224 valence electrons. The second-order valence-electron chi connectivity index (χ2n) is 13.6. The van der Waals surface area contributed by atoms with E-state index in [1.165, 1.54) is 0 Å². The van der Waals surface area contributed by atoms with Crippen LogP contribution in [-0.2, 0) is 24.2 Å². The molecule has 1 aromatic heterocycles. The van der Waals surface area contributed by atoms with Gasteiger partial charge >= 0.3 is 10.4 Å². The van der Waals surface area contributed by atoms with Crippen LogP contribution in [0.2, 0.25) is 0 Å². The van der Waals surface area contributed by atoms with E-state index in [9.17, 15) is 22.6 Å². The molecule has 0 aromatic carbocycles. The van der Waals surface area contributed by atoms with E-state index in [0.29, 0.717) is 31.6 Å². The van der Waals surface area contributed by atoms with Gasteiger partial charge in [0.15, 0.2) is 0 Å². The molecule has 40 heavy (non-hydrogen) atoms. The number of ketones is 1. The van der Waals surface area contributed by atoms with Gasteiger partial charge < -0.3 is 5.32 Å². The van der Waals surface area contributed by atoms with Crippen LogP contribution in [0.15, 0.2) is 15.9 Å². The van der Waals surface area contributed by atoms with Crippen LogP contribution in [0.5, 0.6) is 0 Å². The molecule has 2 N–H and O–H groups in total. The van der Waals surface area contributed by atoms with Crippen molar-refractivity contribution in [1.29, 1.82) is 0 Å². The highest BCUT2D eigenvalue weighted by Gasteiger charge is 2.64. The lowest BCUT2D eigenvalue weighted by atomic mass is 9.44. The van der Waals surface area contributed by atoms with E-state index in [0.717, 1.165) is 47.2 Å². The van der Waals surface area contributed by atoms with Crippen molar-refractivity contribution >= 4 is 49.4 Å². The summed E-state index contributed by atoms with van der Waals surface area (Å²) in [7, 11) is -4.62. The summed E-state index contributed by atoms with van der Waals surface area (Å²) in [4.78, 5) is 26.8. The minimum absolute atomic E-state index is 0.00925. The van der Waals surface area contributed by atoms with Crippen LogP contribution in [0.4, 0.5) is 0 Å². The third kappa shape index (κ3) is 5.73. The molecule has 4 aliphatic rings. The van der Waals surface area contributed by atoms with E-state index >= 15 is 0 Å². The lowest BCUT2D eigenvalue weighted by Crippen LogP contribution is -2.59. The number of amides is 1. The minimum atomic E-state index is -4.62. The first-order valence-corrected chi connectivity index (χ1v) is 17.9. The van der Waals surface area contributed by atoms with Crippen molar-refractivity contribution in [3.63, 3.8) is 0 Å². The number of thiophene rings is 1. The minimum Gasteiger partial charge on any atom is -0.348 e. The smallest absolute Gasteiger partial charge is 0.348 e. The first-order valence-electron chi connectivity index (χ1n) is 15.0. The van der Waals surface area contributed by atoms with Crippen molar-refractivity contribution in [3.05, 3.63) is 20.8 Å². The van der Waals surface area contributed by atoms with Gasteiger partial charge in [0, 0.05) is 24.1 Å². The molecule has 0 saturated heterocycles. The maximum atomic E-state index is 13.2. The summed E-state index contributed by atoms with van der Waals surface area (Å²) in [5.74, 6) is 1.50. The number of hydrogen-bond acceptors (Lipinski definition) is 6. The van der Waals surface area contributed by atoms with Gasteiger partial charge in [-0.2, -0.15) is 8.42 Å².